The van der Waals surface area contributed by atoms with Crippen LogP contribution in [0.25, 0.3) is 0 Å². The van der Waals surface area contributed by atoms with Gasteiger partial charge in [0.1, 0.15) is 5.75 Å². The average Bonchev–Trinajstić information content (AvgIpc) is 2.72. The van der Waals surface area contributed by atoms with Gasteiger partial charge >= 0.3 is 6.36 Å². The van der Waals surface area contributed by atoms with Crippen LogP contribution < -0.4 is 4.74 Å². The first-order valence-corrected chi connectivity index (χ1v) is 6.70. The SMILES string of the molecule is CC1SCCN1C(=O)c1cccc(OC(F)(F)F)c1. The van der Waals surface area contributed by atoms with Crippen molar-refractivity contribution in [2.45, 2.75) is 18.7 Å². The molecule has 1 aromatic carbocycles. The highest BCUT2D eigenvalue weighted by Crippen LogP contribution is 2.27. The van der Waals surface area contributed by atoms with Crippen molar-refractivity contribution >= 4 is 17.7 Å². The number of thioether (sulfide) groups is 1. The van der Waals surface area contributed by atoms with E-state index in [-0.39, 0.29) is 22.6 Å². The lowest BCUT2D eigenvalue weighted by Crippen LogP contribution is -2.33. The Labute approximate surface area is 112 Å². The van der Waals surface area contributed by atoms with Gasteiger partial charge in [0.15, 0.2) is 0 Å². The van der Waals surface area contributed by atoms with Crippen molar-refractivity contribution in [1.29, 1.82) is 0 Å². The van der Waals surface area contributed by atoms with E-state index in [1.54, 1.807) is 16.7 Å². The molecule has 0 spiro atoms. The van der Waals surface area contributed by atoms with Gasteiger partial charge in [-0.05, 0) is 25.1 Å². The van der Waals surface area contributed by atoms with E-state index in [4.69, 9.17) is 0 Å². The topological polar surface area (TPSA) is 29.5 Å². The Hall–Kier alpha value is -1.37. The molecule has 104 valence electrons. The Bertz CT molecular complexity index is 478. The van der Waals surface area contributed by atoms with E-state index in [0.29, 0.717) is 6.54 Å². The molecular weight excluding hydrogens is 279 g/mol. The van der Waals surface area contributed by atoms with Crippen LogP contribution in [0.2, 0.25) is 0 Å². The molecule has 1 fully saturated rings. The molecule has 1 atom stereocenters. The molecule has 1 aliphatic rings. The molecule has 1 aliphatic heterocycles. The lowest BCUT2D eigenvalue weighted by molar-refractivity contribution is -0.274. The fourth-order valence-corrected chi connectivity index (χ4v) is 2.88. The molecule has 1 amide bonds. The van der Waals surface area contributed by atoms with E-state index < -0.39 is 6.36 Å². The van der Waals surface area contributed by atoms with E-state index in [9.17, 15) is 18.0 Å². The number of nitrogens with zero attached hydrogens (tertiary/aromatic N) is 1. The van der Waals surface area contributed by atoms with Gasteiger partial charge in [-0.3, -0.25) is 4.79 Å². The third-order valence-electron chi connectivity index (χ3n) is 2.71. The van der Waals surface area contributed by atoms with Gasteiger partial charge in [-0.1, -0.05) is 6.07 Å². The first kappa shape index (κ1) is 14.0. The predicted molar refractivity (Wildman–Crippen MR) is 66.1 cm³/mol. The predicted octanol–water partition coefficient (Wildman–Crippen LogP) is 3.12. The summed E-state index contributed by atoms with van der Waals surface area (Å²) in [5.41, 5.74) is 0.205. The highest BCUT2D eigenvalue weighted by Gasteiger charge is 2.32. The van der Waals surface area contributed by atoms with E-state index in [2.05, 4.69) is 4.74 Å². The highest BCUT2D eigenvalue weighted by molar-refractivity contribution is 8.00. The van der Waals surface area contributed by atoms with Gasteiger partial charge in [0.2, 0.25) is 0 Å². The minimum Gasteiger partial charge on any atom is -0.406 e. The molecular formula is C12H12F3NO2S. The third kappa shape index (κ3) is 3.56. The first-order valence-electron chi connectivity index (χ1n) is 5.65. The van der Waals surface area contributed by atoms with Crippen LogP contribution in [0.4, 0.5) is 13.2 Å². The number of ether oxygens (including phenoxy) is 1. The van der Waals surface area contributed by atoms with Crippen molar-refractivity contribution in [3.05, 3.63) is 29.8 Å². The van der Waals surface area contributed by atoms with Crippen LogP contribution in [0.1, 0.15) is 17.3 Å². The maximum atomic E-state index is 12.2. The van der Waals surface area contributed by atoms with Gasteiger partial charge in [-0.15, -0.1) is 24.9 Å². The summed E-state index contributed by atoms with van der Waals surface area (Å²) in [6, 6.07) is 5.15. The molecule has 1 saturated heterocycles. The number of hydrogen-bond acceptors (Lipinski definition) is 3. The van der Waals surface area contributed by atoms with Gasteiger partial charge in [0.05, 0.1) is 5.37 Å². The average molecular weight is 291 g/mol. The monoisotopic (exact) mass is 291 g/mol. The molecule has 0 N–H and O–H groups in total. The molecule has 0 aliphatic carbocycles. The molecule has 1 aromatic rings. The fraction of sp³-hybridized carbons (Fsp3) is 0.417. The Morgan fingerprint density at radius 3 is 2.79 bits per heavy atom. The maximum Gasteiger partial charge on any atom is 0.573 e. The summed E-state index contributed by atoms with van der Waals surface area (Å²) >= 11 is 1.64. The van der Waals surface area contributed by atoms with E-state index in [0.717, 1.165) is 11.8 Å². The van der Waals surface area contributed by atoms with E-state index >= 15 is 0 Å². The summed E-state index contributed by atoms with van der Waals surface area (Å²) in [6.07, 6.45) is -4.75. The van der Waals surface area contributed by atoms with Gasteiger partial charge < -0.3 is 9.64 Å². The molecule has 0 bridgehead atoms. The number of alkyl halides is 3. The molecule has 19 heavy (non-hydrogen) atoms. The highest BCUT2D eigenvalue weighted by atomic mass is 32.2. The number of carbonyl (C=O) groups excluding carboxylic acids is 1. The van der Waals surface area contributed by atoms with Crippen molar-refractivity contribution in [1.82, 2.24) is 4.90 Å². The largest absolute Gasteiger partial charge is 0.573 e. The minimum absolute atomic E-state index is 0.0414. The number of amides is 1. The van der Waals surface area contributed by atoms with Crippen molar-refractivity contribution < 1.29 is 22.7 Å². The van der Waals surface area contributed by atoms with Crippen LogP contribution in [0.5, 0.6) is 5.75 Å². The maximum absolute atomic E-state index is 12.2. The fourth-order valence-electron chi connectivity index (χ4n) is 1.85. The van der Waals surface area contributed by atoms with Gasteiger partial charge in [0.25, 0.3) is 5.91 Å². The second-order valence-electron chi connectivity index (χ2n) is 4.04. The Balaban J connectivity index is 2.16. The summed E-state index contributed by atoms with van der Waals surface area (Å²) < 4.78 is 40.2. The smallest absolute Gasteiger partial charge is 0.406 e. The quantitative estimate of drug-likeness (QED) is 0.838. The van der Waals surface area contributed by atoms with Crippen LogP contribution in [-0.2, 0) is 0 Å². The van der Waals surface area contributed by atoms with Crippen molar-refractivity contribution in [2.24, 2.45) is 0 Å². The number of benzene rings is 1. The van der Waals surface area contributed by atoms with Gasteiger partial charge in [-0.25, -0.2) is 0 Å². The molecule has 3 nitrogen and oxygen atoms in total. The van der Waals surface area contributed by atoms with Crippen LogP contribution in [0.15, 0.2) is 24.3 Å². The van der Waals surface area contributed by atoms with E-state index in [1.807, 2.05) is 6.92 Å². The zero-order valence-corrected chi connectivity index (χ0v) is 10.9. The second-order valence-corrected chi connectivity index (χ2v) is 5.47. The summed E-state index contributed by atoms with van der Waals surface area (Å²) in [4.78, 5) is 13.8. The van der Waals surface area contributed by atoms with Crippen molar-refractivity contribution in [3.63, 3.8) is 0 Å². The lowest BCUT2D eigenvalue weighted by Gasteiger charge is -2.20. The Kier molecular flexibility index (Phi) is 3.93. The third-order valence-corrected chi connectivity index (χ3v) is 3.86. The minimum atomic E-state index is -4.75. The lowest BCUT2D eigenvalue weighted by atomic mass is 10.2. The summed E-state index contributed by atoms with van der Waals surface area (Å²) in [6.45, 7) is 2.50. The zero-order chi connectivity index (χ0) is 14.0. The van der Waals surface area contributed by atoms with E-state index in [1.165, 1.54) is 18.2 Å². The molecule has 1 heterocycles. The molecule has 2 rings (SSSR count). The molecule has 0 saturated carbocycles. The van der Waals surface area contributed by atoms with Gasteiger partial charge in [0, 0.05) is 17.9 Å². The second kappa shape index (κ2) is 5.32. The molecule has 1 unspecified atom stereocenters. The summed E-state index contributed by atoms with van der Waals surface area (Å²) in [5.74, 6) is 0.189. The molecule has 0 aromatic heterocycles. The van der Waals surface area contributed by atoms with Crippen molar-refractivity contribution in [3.8, 4) is 5.75 Å². The first-order chi connectivity index (χ1) is 8.87. The summed E-state index contributed by atoms with van der Waals surface area (Å²) in [5, 5.41) is 0.0414. The standard InChI is InChI=1S/C12H12F3NO2S/c1-8-16(5-6-19-8)11(17)9-3-2-4-10(7-9)18-12(13,14)15/h2-4,7-8H,5-6H2,1H3. The number of carbonyl (C=O) groups is 1. The normalized spacial score (nSPS) is 19.6. The van der Waals surface area contributed by atoms with Crippen LogP contribution in [0.3, 0.4) is 0 Å². The Morgan fingerprint density at radius 1 is 1.47 bits per heavy atom. The Morgan fingerprint density at radius 2 is 2.21 bits per heavy atom. The van der Waals surface area contributed by atoms with Crippen LogP contribution in [-0.4, -0.2) is 34.8 Å². The number of rotatable bonds is 2. The van der Waals surface area contributed by atoms with Crippen molar-refractivity contribution in [2.75, 3.05) is 12.3 Å². The van der Waals surface area contributed by atoms with Crippen LogP contribution >= 0.6 is 11.8 Å². The molecule has 7 heteroatoms. The van der Waals surface area contributed by atoms with Crippen LogP contribution in [0, 0.1) is 0 Å². The summed E-state index contributed by atoms with van der Waals surface area (Å²) in [7, 11) is 0. The molecule has 0 radical (unpaired) electrons. The number of hydrogen-bond donors (Lipinski definition) is 0. The number of halogens is 3. The van der Waals surface area contributed by atoms with Gasteiger partial charge in [-0.2, -0.15) is 0 Å². The zero-order valence-electron chi connectivity index (χ0n) is 10.1.